The van der Waals surface area contributed by atoms with Crippen LogP contribution in [-0.2, 0) is 0 Å². The SMILES string of the molecule is CN(CC(O)C1CC1)c1ccccc1. The second-order valence-corrected chi connectivity index (χ2v) is 4.12. The average molecular weight is 191 g/mol. The first-order valence-corrected chi connectivity index (χ1v) is 5.21. The fourth-order valence-electron chi connectivity index (χ4n) is 1.70. The van der Waals surface area contributed by atoms with Crippen LogP contribution in [0.25, 0.3) is 0 Å². The first-order chi connectivity index (χ1) is 6.77. The van der Waals surface area contributed by atoms with Crippen LogP contribution in [0.3, 0.4) is 0 Å². The zero-order chi connectivity index (χ0) is 9.97. The van der Waals surface area contributed by atoms with Crippen molar-refractivity contribution in [2.45, 2.75) is 18.9 Å². The monoisotopic (exact) mass is 191 g/mol. The van der Waals surface area contributed by atoms with Crippen LogP contribution in [0.4, 0.5) is 5.69 Å². The number of hydrogen-bond donors (Lipinski definition) is 1. The Morgan fingerprint density at radius 3 is 2.57 bits per heavy atom. The van der Waals surface area contributed by atoms with Crippen LogP contribution < -0.4 is 4.90 Å². The van der Waals surface area contributed by atoms with Crippen molar-refractivity contribution < 1.29 is 5.11 Å². The van der Waals surface area contributed by atoms with Gasteiger partial charge in [-0.2, -0.15) is 0 Å². The second-order valence-electron chi connectivity index (χ2n) is 4.12. The number of rotatable bonds is 4. The molecule has 2 heteroatoms. The van der Waals surface area contributed by atoms with E-state index in [9.17, 15) is 5.11 Å². The number of anilines is 1. The minimum atomic E-state index is -0.153. The van der Waals surface area contributed by atoms with Crippen molar-refractivity contribution in [1.82, 2.24) is 0 Å². The summed E-state index contributed by atoms with van der Waals surface area (Å²) in [7, 11) is 2.03. The summed E-state index contributed by atoms with van der Waals surface area (Å²) in [5.41, 5.74) is 1.17. The number of aliphatic hydroxyl groups excluding tert-OH is 1. The Morgan fingerprint density at radius 2 is 2.00 bits per heavy atom. The van der Waals surface area contributed by atoms with Gasteiger partial charge in [0.15, 0.2) is 0 Å². The maximum atomic E-state index is 9.78. The van der Waals surface area contributed by atoms with Gasteiger partial charge in [0.05, 0.1) is 6.10 Å². The second kappa shape index (κ2) is 4.01. The van der Waals surface area contributed by atoms with Crippen molar-refractivity contribution in [3.8, 4) is 0 Å². The van der Waals surface area contributed by atoms with E-state index in [4.69, 9.17) is 0 Å². The van der Waals surface area contributed by atoms with Gasteiger partial charge in [-0.05, 0) is 30.9 Å². The molecular formula is C12H17NO. The van der Waals surface area contributed by atoms with Crippen LogP contribution in [0.2, 0.25) is 0 Å². The van der Waals surface area contributed by atoms with E-state index in [-0.39, 0.29) is 6.10 Å². The van der Waals surface area contributed by atoms with E-state index >= 15 is 0 Å². The molecule has 2 rings (SSSR count). The van der Waals surface area contributed by atoms with Crippen LogP contribution >= 0.6 is 0 Å². The van der Waals surface area contributed by atoms with Crippen molar-refractivity contribution in [3.63, 3.8) is 0 Å². The van der Waals surface area contributed by atoms with Gasteiger partial charge in [-0.15, -0.1) is 0 Å². The number of hydrogen-bond acceptors (Lipinski definition) is 2. The van der Waals surface area contributed by atoms with Crippen molar-refractivity contribution >= 4 is 5.69 Å². The molecule has 1 aliphatic carbocycles. The van der Waals surface area contributed by atoms with Crippen molar-refractivity contribution in [2.24, 2.45) is 5.92 Å². The van der Waals surface area contributed by atoms with E-state index in [0.717, 1.165) is 6.54 Å². The van der Waals surface area contributed by atoms with E-state index < -0.39 is 0 Å². The van der Waals surface area contributed by atoms with Crippen molar-refractivity contribution in [3.05, 3.63) is 30.3 Å². The quantitative estimate of drug-likeness (QED) is 0.785. The van der Waals surface area contributed by atoms with E-state index in [1.807, 2.05) is 25.2 Å². The molecule has 1 N–H and O–H groups in total. The van der Waals surface area contributed by atoms with E-state index in [0.29, 0.717) is 5.92 Å². The van der Waals surface area contributed by atoms with Crippen LogP contribution in [0.1, 0.15) is 12.8 Å². The van der Waals surface area contributed by atoms with Crippen LogP contribution in [0, 0.1) is 5.92 Å². The van der Waals surface area contributed by atoms with Gasteiger partial charge < -0.3 is 10.0 Å². The summed E-state index contributed by atoms with van der Waals surface area (Å²) in [6, 6.07) is 10.2. The maximum absolute atomic E-state index is 9.78. The van der Waals surface area contributed by atoms with Gasteiger partial charge in [-0.25, -0.2) is 0 Å². The number of aliphatic hydroxyl groups is 1. The zero-order valence-electron chi connectivity index (χ0n) is 8.56. The third-order valence-corrected chi connectivity index (χ3v) is 2.82. The highest BCUT2D eigenvalue weighted by Crippen LogP contribution is 2.33. The minimum Gasteiger partial charge on any atom is -0.391 e. The van der Waals surface area contributed by atoms with E-state index in [2.05, 4.69) is 17.0 Å². The molecule has 1 saturated carbocycles. The van der Waals surface area contributed by atoms with Crippen LogP contribution in [0.5, 0.6) is 0 Å². The number of likely N-dealkylation sites (N-methyl/N-ethyl adjacent to an activating group) is 1. The Morgan fingerprint density at radius 1 is 1.36 bits per heavy atom. The summed E-state index contributed by atoms with van der Waals surface area (Å²) in [5, 5.41) is 9.78. The Hall–Kier alpha value is -1.02. The molecule has 2 nitrogen and oxygen atoms in total. The molecule has 0 saturated heterocycles. The molecule has 76 valence electrons. The summed E-state index contributed by atoms with van der Waals surface area (Å²) in [5.74, 6) is 0.557. The highest BCUT2D eigenvalue weighted by atomic mass is 16.3. The molecule has 0 radical (unpaired) electrons. The molecule has 1 unspecified atom stereocenters. The fraction of sp³-hybridized carbons (Fsp3) is 0.500. The Balaban J connectivity index is 1.91. The molecule has 0 amide bonds. The average Bonchev–Trinajstić information content (AvgIpc) is 3.02. The lowest BCUT2D eigenvalue weighted by Crippen LogP contribution is -2.30. The molecule has 14 heavy (non-hydrogen) atoms. The van der Waals surface area contributed by atoms with Crippen molar-refractivity contribution in [2.75, 3.05) is 18.5 Å². The lowest BCUT2D eigenvalue weighted by Gasteiger charge is -2.22. The molecule has 0 aromatic heterocycles. The third-order valence-electron chi connectivity index (χ3n) is 2.82. The zero-order valence-corrected chi connectivity index (χ0v) is 8.56. The normalized spacial score (nSPS) is 17.9. The summed E-state index contributed by atoms with van der Waals surface area (Å²) >= 11 is 0. The smallest absolute Gasteiger partial charge is 0.0743 e. The van der Waals surface area contributed by atoms with Crippen molar-refractivity contribution in [1.29, 1.82) is 0 Å². The maximum Gasteiger partial charge on any atom is 0.0743 e. The first kappa shape index (κ1) is 9.53. The predicted octanol–water partition coefficient (Wildman–Crippen LogP) is 1.89. The van der Waals surface area contributed by atoms with Crippen LogP contribution in [0.15, 0.2) is 30.3 Å². The van der Waals surface area contributed by atoms with Gasteiger partial charge in [-0.1, -0.05) is 18.2 Å². The van der Waals surface area contributed by atoms with E-state index in [1.54, 1.807) is 0 Å². The summed E-state index contributed by atoms with van der Waals surface area (Å²) in [4.78, 5) is 2.11. The van der Waals surface area contributed by atoms with Gasteiger partial charge in [0.2, 0.25) is 0 Å². The molecule has 1 fully saturated rings. The summed E-state index contributed by atoms with van der Waals surface area (Å²) < 4.78 is 0. The van der Waals surface area contributed by atoms with E-state index in [1.165, 1.54) is 18.5 Å². The third kappa shape index (κ3) is 2.26. The highest BCUT2D eigenvalue weighted by Gasteiger charge is 2.30. The van der Waals surface area contributed by atoms with Gasteiger partial charge in [0.25, 0.3) is 0 Å². The Bertz CT molecular complexity index is 282. The highest BCUT2D eigenvalue weighted by molar-refractivity contribution is 5.45. The molecule has 0 spiro atoms. The lowest BCUT2D eigenvalue weighted by molar-refractivity contribution is 0.158. The molecule has 1 atom stereocenters. The molecule has 1 aromatic carbocycles. The fourth-order valence-corrected chi connectivity index (χ4v) is 1.70. The molecule has 0 heterocycles. The van der Waals surface area contributed by atoms with Gasteiger partial charge >= 0.3 is 0 Å². The summed E-state index contributed by atoms with van der Waals surface area (Å²) in [6.07, 6.45) is 2.24. The standard InChI is InChI=1S/C12H17NO/c1-13(9-12(14)10-7-8-10)11-5-3-2-4-6-11/h2-6,10,12,14H,7-9H2,1H3. The largest absolute Gasteiger partial charge is 0.391 e. The van der Waals surface area contributed by atoms with Gasteiger partial charge in [0.1, 0.15) is 0 Å². The molecular weight excluding hydrogens is 174 g/mol. The number of benzene rings is 1. The minimum absolute atomic E-state index is 0.153. The molecule has 1 aromatic rings. The number of nitrogens with zero attached hydrogens (tertiary/aromatic N) is 1. The first-order valence-electron chi connectivity index (χ1n) is 5.21. The summed E-state index contributed by atoms with van der Waals surface area (Å²) in [6.45, 7) is 0.745. The van der Waals surface area contributed by atoms with Gasteiger partial charge in [-0.3, -0.25) is 0 Å². The molecule has 0 bridgehead atoms. The topological polar surface area (TPSA) is 23.5 Å². The van der Waals surface area contributed by atoms with Gasteiger partial charge in [0, 0.05) is 19.3 Å². The lowest BCUT2D eigenvalue weighted by atomic mass is 10.2. The molecule has 1 aliphatic rings. The molecule has 0 aliphatic heterocycles. The van der Waals surface area contributed by atoms with Crippen LogP contribution in [-0.4, -0.2) is 24.8 Å². The Labute approximate surface area is 85.2 Å². The Kier molecular flexibility index (Phi) is 2.73. The number of para-hydroxylation sites is 1. The predicted molar refractivity (Wildman–Crippen MR) is 58.4 cm³/mol.